The maximum Gasteiger partial charge on any atom is 0.416 e. The molecule has 0 aliphatic heterocycles. The molecule has 0 unspecified atom stereocenters. The third-order valence-corrected chi connectivity index (χ3v) is 5.31. The summed E-state index contributed by atoms with van der Waals surface area (Å²) in [5.41, 5.74) is 0.754. The normalized spacial score (nSPS) is 11.7. The van der Waals surface area contributed by atoms with E-state index in [4.69, 9.17) is 16.1 Å². The molecule has 0 bridgehead atoms. The Hall–Kier alpha value is -2.78. The first-order valence-corrected chi connectivity index (χ1v) is 9.70. The van der Waals surface area contributed by atoms with Gasteiger partial charge in [-0.05, 0) is 30.3 Å². The number of alkyl halides is 3. The van der Waals surface area contributed by atoms with Crippen LogP contribution >= 0.6 is 23.4 Å². The van der Waals surface area contributed by atoms with Crippen LogP contribution in [0.3, 0.4) is 0 Å². The molecule has 5 nitrogen and oxygen atoms in total. The predicted octanol–water partition coefficient (Wildman–Crippen LogP) is 5.89. The first-order valence-electron chi connectivity index (χ1n) is 8.33. The molecular weight excluding hydrogens is 425 g/mol. The molecule has 4 rings (SSSR count). The number of benzene rings is 2. The van der Waals surface area contributed by atoms with Crippen LogP contribution in [0.1, 0.15) is 11.3 Å². The Morgan fingerprint density at radius 2 is 1.86 bits per heavy atom. The van der Waals surface area contributed by atoms with E-state index in [0.29, 0.717) is 33.0 Å². The number of hydrogen-bond acceptors (Lipinski definition) is 5. The van der Waals surface area contributed by atoms with Gasteiger partial charge in [-0.25, -0.2) is 0 Å². The van der Waals surface area contributed by atoms with Crippen LogP contribution in [0.2, 0.25) is 5.02 Å². The summed E-state index contributed by atoms with van der Waals surface area (Å²) < 4.78 is 46.1. The minimum absolute atomic E-state index is 0.280. The highest BCUT2D eigenvalue weighted by Crippen LogP contribution is 2.35. The van der Waals surface area contributed by atoms with Gasteiger partial charge in [0.1, 0.15) is 6.26 Å². The van der Waals surface area contributed by atoms with E-state index in [-0.39, 0.29) is 5.69 Å². The molecule has 0 N–H and O–H groups in total. The molecule has 2 aromatic carbocycles. The molecule has 0 spiro atoms. The second-order valence-corrected chi connectivity index (χ2v) is 7.30. The van der Waals surface area contributed by atoms with Crippen molar-refractivity contribution in [3.8, 4) is 17.1 Å². The van der Waals surface area contributed by atoms with Gasteiger partial charge in [-0.1, -0.05) is 46.7 Å². The highest BCUT2D eigenvalue weighted by molar-refractivity contribution is 7.98. The van der Waals surface area contributed by atoms with Crippen molar-refractivity contribution in [3.05, 3.63) is 77.1 Å². The Morgan fingerprint density at radius 3 is 2.59 bits per heavy atom. The van der Waals surface area contributed by atoms with E-state index in [1.54, 1.807) is 41.0 Å². The molecule has 0 saturated heterocycles. The fourth-order valence-electron chi connectivity index (χ4n) is 2.68. The van der Waals surface area contributed by atoms with Gasteiger partial charge in [-0.3, -0.25) is 4.57 Å². The van der Waals surface area contributed by atoms with Crippen molar-refractivity contribution in [3.63, 3.8) is 0 Å². The lowest BCUT2D eigenvalue weighted by atomic mass is 10.1. The summed E-state index contributed by atoms with van der Waals surface area (Å²) in [6, 6.07) is 13.7. The number of thioether (sulfide) groups is 1. The molecule has 2 aromatic heterocycles. The molecule has 0 aliphatic rings. The summed E-state index contributed by atoms with van der Waals surface area (Å²) in [5.74, 6) is 0.758. The zero-order valence-electron chi connectivity index (χ0n) is 14.6. The molecular formula is C19H12ClF3N4OS. The van der Waals surface area contributed by atoms with E-state index >= 15 is 0 Å². The Balaban J connectivity index is 1.83. The van der Waals surface area contributed by atoms with Crippen molar-refractivity contribution in [2.75, 3.05) is 0 Å². The molecule has 0 amide bonds. The van der Waals surface area contributed by atoms with E-state index in [1.807, 2.05) is 0 Å². The highest BCUT2D eigenvalue weighted by atomic mass is 35.5. The number of nitrogens with zero attached hydrogens (tertiary/aromatic N) is 4. The minimum atomic E-state index is -4.47. The average molecular weight is 437 g/mol. The van der Waals surface area contributed by atoms with Crippen molar-refractivity contribution in [2.45, 2.75) is 17.1 Å². The third-order valence-electron chi connectivity index (χ3n) is 4.02. The van der Waals surface area contributed by atoms with Crippen molar-refractivity contribution >= 4 is 23.4 Å². The maximum absolute atomic E-state index is 13.2. The van der Waals surface area contributed by atoms with Crippen LogP contribution in [0.5, 0.6) is 0 Å². The number of rotatable bonds is 5. The lowest BCUT2D eigenvalue weighted by Crippen LogP contribution is -2.07. The number of hydrogen-bond donors (Lipinski definition) is 0. The predicted molar refractivity (Wildman–Crippen MR) is 103 cm³/mol. The van der Waals surface area contributed by atoms with Gasteiger partial charge in [0.2, 0.25) is 0 Å². The van der Waals surface area contributed by atoms with Gasteiger partial charge in [-0.2, -0.15) is 13.2 Å². The second-order valence-electron chi connectivity index (χ2n) is 5.95. The standard InChI is InChI=1S/C19H12ClF3N4OS/c20-16-7-2-1-6-15(16)17-24-25-18(29-11-13-8-9-28-26-13)27(17)14-5-3-4-12(10-14)19(21,22)23/h1-10H,11H2. The fourth-order valence-corrected chi connectivity index (χ4v) is 3.75. The molecule has 0 saturated carbocycles. The Morgan fingerprint density at radius 1 is 1.03 bits per heavy atom. The first-order chi connectivity index (χ1) is 13.9. The van der Waals surface area contributed by atoms with Crippen LogP contribution in [0, 0.1) is 0 Å². The van der Waals surface area contributed by atoms with Gasteiger partial charge in [0.05, 0.1) is 22.0 Å². The van der Waals surface area contributed by atoms with Crippen molar-refractivity contribution in [1.29, 1.82) is 0 Å². The van der Waals surface area contributed by atoms with Gasteiger partial charge in [0.15, 0.2) is 11.0 Å². The van der Waals surface area contributed by atoms with E-state index in [1.165, 1.54) is 24.1 Å². The van der Waals surface area contributed by atoms with Gasteiger partial charge < -0.3 is 4.52 Å². The van der Waals surface area contributed by atoms with E-state index in [0.717, 1.165) is 12.1 Å². The van der Waals surface area contributed by atoms with Gasteiger partial charge in [0, 0.05) is 17.4 Å². The summed E-state index contributed by atoms with van der Waals surface area (Å²) in [6.07, 6.45) is -3.02. The van der Waals surface area contributed by atoms with Crippen LogP contribution in [-0.4, -0.2) is 19.9 Å². The van der Waals surface area contributed by atoms with Crippen LogP contribution in [0.25, 0.3) is 17.1 Å². The lowest BCUT2D eigenvalue weighted by molar-refractivity contribution is -0.137. The topological polar surface area (TPSA) is 56.7 Å². The largest absolute Gasteiger partial charge is 0.416 e. The summed E-state index contributed by atoms with van der Waals surface area (Å²) >= 11 is 7.58. The summed E-state index contributed by atoms with van der Waals surface area (Å²) in [6.45, 7) is 0. The maximum atomic E-state index is 13.2. The molecule has 0 radical (unpaired) electrons. The van der Waals surface area contributed by atoms with Crippen LogP contribution in [0.15, 0.2) is 70.5 Å². The Labute approximate surface area is 172 Å². The Bertz CT molecular complexity index is 1130. The van der Waals surface area contributed by atoms with Gasteiger partial charge in [0.25, 0.3) is 0 Å². The summed E-state index contributed by atoms with van der Waals surface area (Å²) in [4.78, 5) is 0. The van der Waals surface area contributed by atoms with Crippen molar-refractivity contribution < 1.29 is 17.7 Å². The average Bonchev–Trinajstić information content (AvgIpc) is 3.36. The van der Waals surface area contributed by atoms with Gasteiger partial charge in [-0.15, -0.1) is 10.2 Å². The highest BCUT2D eigenvalue weighted by Gasteiger charge is 2.31. The zero-order chi connectivity index (χ0) is 20.4. The molecule has 0 fully saturated rings. The van der Waals surface area contributed by atoms with Crippen molar-refractivity contribution in [1.82, 2.24) is 19.9 Å². The zero-order valence-corrected chi connectivity index (χ0v) is 16.2. The number of halogens is 4. The fraction of sp³-hybridized carbons (Fsp3) is 0.105. The van der Waals surface area contributed by atoms with Crippen LogP contribution in [0.4, 0.5) is 13.2 Å². The van der Waals surface area contributed by atoms with Gasteiger partial charge >= 0.3 is 6.18 Å². The third kappa shape index (κ3) is 4.15. The SMILES string of the molecule is FC(F)(F)c1cccc(-n2c(SCc3ccon3)nnc2-c2ccccc2Cl)c1. The molecule has 148 valence electrons. The first kappa shape index (κ1) is 19.5. The van der Waals surface area contributed by atoms with E-state index < -0.39 is 11.7 Å². The monoisotopic (exact) mass is 436 g/mol. The lowest BCUT2D eigenvalue weighted by Gasteiger charge is -2.13. The quantitative estimate of drug-likeness (QED) is 0.365. The Kier molecular flexibility index (Phi) is 5.33. The van der Waals surface area contributed by atoms with E-state index in [9.17, 15) is 13.2 Å². The van der Waals surface area contributed by atoms with Crippen LogP contribution < -0.4 is 0 Å². The minimum Gasteiger partial charge on any atom is -0.364 e. The second kappa shape index (κ2) is 7.92. The molecule has 0 aliphatic carbocycles. The molecule has 0 atom stereocenters. The molecule has 4 aromatic rings. The molecule has 10 heteroatoms. The van der Waals surface area contributed by atoms with Crippen LogP contribution in [-0.2, 0) is 11.9 Å². The number of aromatic nitrogens is 4. The van der Waals surface area contributed by atoms with E-state index in [2.05, 4.69) is 15.4 Å². The van der Waals surface area contributed by atoms with Crippen molar-refractivity contribution in [2.24, 2.45) is 0 Å². The summed E-state index contributed by atoms with van der Waals surface area (Å²) in [7, 11) is 0. The molecule has 29 heavy (non-hydrogen) atoms. The smallest absolute Gasteiger partial charge is 0.364 e. The molecule has 2 heterocycles. The summed E-state index contributed by atoms with van der Waals surface area (Å²) in [5, 5.41) is 13.0.